The summed E-state index contributed by atoms with van der Waals surface area (Å²) < 4.78 is 1.69. The normalized spacial score (nSPS) is 12.0. The lowest BCUT2D eigenvalue weighted by molar-refractivity contribution is -0.123. The fraction of sp³-hybridized carbons (Fsp3) is 0.333. The molecule has 1 amide bonds. The van der Waals surface area contributed by atoms with Gasteiger partial charge in [-0.2, -0.15) is 10.4 Å². The first-order chi connectivity index (χ1) is 12.6. The van der Waals surface area contributed by atoms with Gasteiger partial charge in [-0.05, 0) is 49.1 Å². The summed E-state index contributed by atoms with van der Waals surface area (Å²) in [5, 5.41) is 17.4. The van der Waals surface area contributed by atoms with Crippen LogP contribution in [0.4, 0.5) is 5.69 Å². The van der Waals surface area contributed by atoms with Crippen LogP contribution in [0.2, 0.25) is 0 Å². The average molecular weight is 361 g/mol. The third-order valence-electron chi connectivity index (χ3n) is 4.72. The highest BCUT2D eigenvalue weighted by Gasteiger charge is 2.32. The molecule has 0 saturated carbocycles. The van der Waals surface area contributed by atoms with Gasteiger partial charge in [-0.1, -0.05) is 20.8 Å². The first kappa shape index (κ1) is 18.6. The number of rotatable bonds is 3. The van der Waals surface area contributed by atoms with E-state index in [0.29, 0.717) is 16.8 Å². The van der Waals surface area contributed by atoms with Crippen molar-refractivity contribution in [1.82, 2.24) is 14.8 Å². The number of carbonyl (C=O) groups is 1. The fourth-order valence-electron chi connectivity index (χ4n) is 2.77. The third kappa shape index (κ3) is 3.41. The van der Waals surface area contributed by atoms with Crippen molar-refractivity contribution in [2.75, 3.05) is 5.32 Å². The lowest BCUT2D eigenvalue weighted by atomic mass is 9.90. The van der Waals surface area contributed by atoms with Gasteiger partial charge in [0.1, 0.15) is 11.6 Å². The Bertz CT molecular complexity index is 1050. The molecule has 138 valence electrons. The third-order valence-corrected chi connectivity index (χ3v) is 4.72. The van der Waals surface area contributed by atoms with Gasteiger partial charge in [0.05, 0.1) is 23.0 Å². The summed E-state index contributed by atoms with van der Waals surface area (Å²) >= 11 is 0. The van der Waals surface area contributed by atoms with E-state index in [0.717, 1.165) is 10.9 Å². The van der Waals surface area contributed by atoms with Crippen LogP contribution in [0.1, 0.15) is 45.7 Å². The molecule has 27 heavy (non-hydrogen) atoms. The molecule has 0 atom stereocenters. The number of anilines is 1. The molecular weight excluding hydrogens is 338 g/mol. The molecule has 2 heterocycles. The Balaban J connectivity index is 1.94. The van der Waals surface area contributed by atoms with Crippen molar-refractivity contribution in [2.24, 2.45) is 0 Å². The van der Waals surface area contributed by atoms with Gasteiger partial charge in [-0.25, -0.2) is 0 Å². The van der Waals surface area contributed by atoms with E-state index in [2.05, 4.69) is 42.2 Å². The van der Waals surface area contributed by atoms with E-state index in [-0.39, 0.29) is 11.3 Å². The van der Waals surface area contributed by atoms with Crippen molar-refractivity contribution in [1.29, 1.82) is 5.26 Å². The number of benzene rings is 1. The van der Waals surface area contributed by atoms with E-state index in [1.165, 1.54) is 0 Å². The molecule has 0 saturated heterocycles. The Labute approximate surface area is 158 Å². The van der Waals surface area contributed by atoms with Gasteiger partial charge < -0.3 is 5.32 Å². The first-order valence-electron chi connectivity index (χ1n) is 8.79. The lowest BCUT2D eigenvalue weighted by Crippen LogP contribution is -2.40. The molecule has 6 heteroatoms. The van der Waals surface area contributed by atoms with E-state index < -0.39 is 5.54 Å². The maximum absolute atomic E-state index is 13.0. The first-order valence-corrected chi connectivity index (χ1v) is 8.79. The van der Waals surface area contributed by atoms with Crippen LogP contribution in [-0.2, 0) is 15.7 Å². The largest absolute Gasteiger partial charge is 0.323 e. The molecule has 0 aliphatic carbocycles. The summed E-state index contributed by atoms with van der Waals surface area (Å²) in [7, 11) is 0. The molecule has 3 aromatic rings. The lowest BCUT2D eigenvalue weighted by Gasteiger charge is -2.25. The summed E-state index contributed by atoms with van der Waals surface area (Å²) in [6.45, 7) is 9.98. The number of amides is 1. The van der Waals surface area contributed by atoms with Crippen LogP contribution in [0, 0.1) is 11.3 Å². The predicted octanol–water partition coefficient (Wildman–Crippen LogP) is 3.97. The Morgan fingerprint density at radius 3 is 2.56 bits per heavy atom. The van der Waals surface area contributed by atoms with Gasteiger partial charge in [-0.3, -0.25) is 14.5 Å². The number of nitrogens with one attached hydrogen (secondary N) is 1. The minimum absolute atomic E-state index is 0.0419. The molecule has 0 aliphatic rings. The van der Waals surface area contributed by atoms with Gasteiger partial charge >= 0.3 is 0 Å². The molecule has 0 spiro atoms. The second kappa shape index (κ2) is 6.51. The summed E-state index contributed by atoms with van der Waals surface area (Å²) in [6, 6.07) is 9.17. The van der Waals surface area contributed by atoms with Crippen LogP contribution >= 0.6 is 0 Å². The maximum atomic E-state index is 13.0. The molecule has 3 rings (SSSR count). The van der Waals surface area contributed by atoms with Gasteiger partial charge in [0.25, 0.3) is 5.91 Å². The molecule has 0 radical (unpaired) electrons. The quantitative estimate of drug-likeness (QED) is 0.765. The molecule has 0 fully saturated rings. The van der Waals surface area contributed by atoms with Crippen LogP contribution in [0.3, 0.4) is 0 Å². The SMILES string of the molecule is CC(C)(C)c1cnn(C(C)(C)C(=O)Nc2ccc(C#N)c3ncccc23)c1. The topological polar surface area (TPSA) is 83.6 Å². The number of fused-ring (bicyclic) bond motifs is 1. The van der Waals surface area contributed by atoms with Crippen LogP contribution < -0.4 is 5.32 Å². The van der Waals surface area contributed by atoms with E-state index >= 15 is 0 Å². The van der Waals surface area contributed by atoms with Gasteiger partial charge in [0, 0.05) is 17.8 Å². The molecule has 0 unspecified atom stereocenters. The number of pyridine rings is 1. The Kier molecular flexibility index (Phi) is 4.48. The summed E-state index contributed by atoms with van der Waals surface area (Å²) in [5.74, 6) is -0.194. The summed E-state index contributed by atoms with van der Waals surface area (Å²) in [6.07, 6.45) is 5.35. The van der Waals surface area contributed by atoms with E-state index in [1.807, 2.05) is 26.1 Å². The molecular formula is C21H23N5O. The van der Waals surface area contributed by atoms with Crippen molar-refractivity contribution in [2.45, 2.75) is 45.6 Å². The molecule has 6 nitrogen and oxygen atoms in total. The zero-order valence-corrected chi connectivity index (χ0v) is 16.2. The Hall–Kier alpha value is -3.20. The zero-order valence-electron chi connectivity index (χ0n) is 16.2. The minimum Gasteiger partial charge on any atom is -0.323 e. The Morgan fingerprint density at radius 2 is 1.93 bits per heavy atom. The smallest absolute Gasteiger partial charge is 0.251 e. The summed E-state index contributed by atoms with van der Waals surface area (Å²) in [5.41, 5.74) is 1.82. The molecule has 2 aromatic heterocycles. The zero-order chi connectivity index (χ0) is 19.8. The van der Waals surface area contributed by atoms with E-state index in [1.54, 1.807) is 35.3 Å². The van der Waals surface area contributed by atoms with Crippen molar-refractivity contribution in [3.05, 3.63) is 54.0 Å². The highest BCUT2D eigenvalue weighted by atomic mass is 16.2. The standard InChI is InChI=1S/C21H23N5O/c1-20(2,3)15-12-24-26(13-15)21(4,5)19(27)25-17-9-8-14(11-22)18-16(17)7-6-10-23-18/h6-10,12-13H,1-5H3,(H,25,27). The summed E-state index contributed by atoms with van der Waals surface area (Å²) in [4.78, 5) is 17.3. The molecule has 1 N–H and O–H groups in total. The second-order valence-electron chi connectivity index (χ2n) is 8.11. The van der Waals surface area contributed by atoms with Crippen LogP contribution in [0.25, 0.3) is 10.9 Å². The van der Waals surface area contributed by atoms with Crippen molar-refractivity contribution in [3.63, 3.8) is 0 Å². The van der Waals surface area contributed by atoms with Gasteiger partial charge in [0.15, 0.2) is 0 Å². The van der Waals surface area contributed by atoms with E-state index in [4.69, 9.17) is 0 Å². The van der Waals surface area contributed by atoms with Crippen molar-refractivity contribution >= 4 is 22.5 Å². The van der Waals surface area contributed by atoms with Crippen molar-refractivity contribution < 1.29 is 4.79 Å². The Morgan fingerprint density at radius 1 is 1.19 bits per heavy atom. The van der Waals surface area contributed by atoms with Gasteiger partial charge in [0.2, 0.25) is 0 Å². The average Bonchev–Trinajstić information content (AvgIpc) is 3.13. The fourth-order valence-corrected chi connectivity index (χ4v) is 2.77. The number of hydrogen-bond acceptors (Lipinski definition) is 4. The number of carbonyl (C=O) groups excluding carboxylic acids is 1. The predicted molar refractivity (Wildman–Crippen MR) is 105 cm³/mol. The van der Waals surface area contributed by atoms with Crippen molar-refractivity contribution in [3.8, 4) is 6.07 Å². The maximum Gasteiger partial charge on any atom is 0.251 e. The van der Waals surface area contributed by atoms with Gasteiger partial charge in [-0.15, -0.1) is 0 Å². The van der Waals surface area contributed by atoms with Crippen LogP contribution in [0.15, 0.2) is 42.9 Å². The highest BCUT2D eigenvalue weighted by Crippen LogP contribution is 2.28. The molecule has 1 aromatic carbocycles. The highest BCUT2D eigenvalue weighted by molar-refractivity contribution is 6.04. The van der Waals surface area contributed by atoms with Crippen LogP contribution in [0.5, 0.6) is 0 Å². The molecule has 0 aliphatic heterocycles. The number of nitriles is 1. The second-order valence-corrected chi connectivity index (χ2v) is 8.11. The molecule has 0 bridgehead atoms. The monoisotopic (exact) mass is 361 g/mol. The van der Waals surface area contributed by atoms with Crippen LogP contribution in [-0.4, -0.2) is 20.7 Å². The number of hydrogen-bond donors (Lipinski definition) is 1. The van der Waals surface area contributed by atoms with E-state index in [9.17, 15) is 10.1 Å². The number of nitrogens with zero attached hydrogens (tertiary/aromatic N) is 4. The minimum atomic E-state index is -0.883. The number of aromatic nitrogens is 3.